The number of nitrogens with one attached hydrogen (secondary N) is 1. The van der Waals surface area contributed by atoms with Gasteiger partial charge >= 0.3 is 0 Å². The summed E-state index contributed by atoms with van der Waals surface area (Å²) >= 11 is 0. The molecule has 140 valence electrons. The van der Waals surface area contributed by atoms with Crippen molar-refractivity contribution in [1.82, 2.24) is 9.66 Å². The van der Waals surface area contributed by atoms with Gasteiger partial charge in [0.05, 0.1) is 17.3 Å². The smallest absolute Gasteiger partial charge is 0.280 e. The minimum Gasteiger partial charge on any atom is -0.377 e. The maximum atomic E-state index is 13.4. The van der Waals surface area contributed by atoms with Gasteiger partial charge in [-0.05, 0) is 29.8 Å². The number of hydrogen-bond donors (Lipinski definition) is 1. The number of hydrogen-bond acceptors (Lipinski definition) is 4. The summed E-state index contributed by atoms with van der Waals surface area (Å²) in [5, 5.41) is 0.0911. The van der Waals surface area contributed by atoms with Crippen molar-refractivity contribution in [3.8, 4) is 0 Å². The van der Waals surface area contributed by atoms with Crippen LogP contribution >= 0.6 is 0 Å². The highest BCUT2D eigenvalue weighted by molar-refractivity contribution is 5.86. The van der Waals surface area contributed by atoms with Gasteiger partial charge in [0.25, 0.3) is 5.56 Å². The SMILES string of the molecule is COCc1nc2cc(F)ccc2c(=O)n1NC(=O)Cc1cc(F)cc(F)c1. The zero-order chi connectivity index (χ0) is 19.6. The molecule has 0 bridgehead atoms. The van der Waals surface area contributed by atoms with E-state index in [1.165, 1.54) is 13.2 Å². The molecule has 0 aliphatic carbocycles. The summed E-state index contributed by atoms with van der Waals surface area (Å²) in [5.41, 5.74) is 1.92. The molecule has 1 aromatic heterocycles. The van der Waals surface area contributed by atoms with Crippen LogP contribution in [0.3, 0.4) is 0 Å². The van der Waals surface area contributed by atoms with E-state index in [1.54, 1.807) is 0 Å². The average molecular weight is 377 g/mol. The molecule has 1 N–H and O–H groups in total. The van der Waals surface area contributed by atoms with Crippen molar-refractivity contribution in [1.29, 1.82) is 0 Å². The van der Waals surface area contributed by atoms with Gasteiger partial charge in [0.1, 0.15) is 24.1 Å². The number of fused-ring (bicyclic) bond motifs is 1. The second-order valence-electron chi connectivity index (χ2n) is 5.75. The Balaban J connectivity index is 1.96. The predicted molar refractivity (Wildman–Crippen MR) is 91.1 cm³/mol. The first kappa shape index (κ1) is 18.6. The van der Waals surface area contributed by atoms with Crippen molar-refractivity contribution in [3.63, 3.8) is 0 Å². The highest BCUT2D eigenvalue weighted by atomic mass is 19.1. The van der Waals surface area contributed by atoms with Crippen LogP contribution < -0.4 is 11.0 Å². The van der Waals surface area contributed by atoms with E-state index < -0.39 is 28.9 Å². The summed E-state index contributed by atoms with van der Waals surface area (Å²) in [4.78, 5) is 29.0. The Bertz CT molecular complexity index is 1060. The van der Waals surface area contributed by atoms with Crippen LogP contribution in [0.15, 0.2) is 41.2 Å². The van der Waals surface area contributed by atoms with Gasteiger partial charge in [-0.15, -0.1) is 0 Å². The summed E-state index contributed by atoms with van der Waals surface area (Å²) in [6.07, 6.45) is -0.366. The standard InChI is InChI=1S/C18H14F3N3O3/c1-27-9-16-22-15-8-11(19)2-3-14(15)18(26)24(16)23-17(25)6-10-4-12(20)7-13(21)5-10/h2-5,7-8H,6,9H2,1H3,(H,23,25). The van der Waals surface area contributed by atoms with E-state index >= 15 is 0 Å². The molecular formula is C18H14F3N3O3. The van der Waals surface area contributed by atoms with Crippen molar-refractivity contribution in [2.75, 3.05) is 12.5 Å². The van der Waals surface area contributed by atoms with Gasteiger partial charge in [0.2, 0.25) is 5.91 Å². The summed E-state index contributed by atoms with van der Waals surface area (Å²) < 4.78 is 45.8. The molecule has 0 aliphatic heterocycles. The first-order chi connectivity index (χ1) is 12.9. The Labute approximate surface area is 151 Å². The van der Waals surface area contributed by atoms with E-state index in [9.17, 15) is 22.8 Å². The van der Waals surface area contributed by atoms with Crippen molar-refractivity contribution in [2.24, 2.45) is 0 Å². The molecule has 3 aromatic rings. The lowest BCUT2D eigenvalue weighted by Crippen LogP contribution is -2.37. The molecule has 0 fully saturated rings. The van der Waals surface area contributed by atoms with Crippen LogP contribution in [0.4, 0.5) is 13.2 Å². The van der Waals surface area contributed by atoms with Gasteiger partial charge in [-0.25, -0.2) is 18.2 Å². The Hall–Kier alpha value is -3.20. The summed E-state index contributed by atoms with van der Waals surface area (Å²) in [6.45, 7) is -0.128. The third-order valence-corrected chi connectivity index (χ3v) is 3.70. The fraction of sp³-hybridized carbons (Fsp3) is 0.167. The quantitative estimate of drug-likeness (QED) is 0.740. The molecule has 0 spiro atoms. The van der Waals surface area contributed by atoms with Crippen LogP contribution in [0.5, 0.6) is 0 Å². The van der Waals surface area contributed by atoms with Gasteiger partial charge in [-0.3, -0.25) is 15.0 Å². The zero-order valence-electron chi connectivity index (χ0n) is 14.1. The van der Waals surface area contributed by atoms with Crippen LogP contribution in [0, 0.1) is 17.5 Å². The fourth-order valence-electron chi connectivity index (χ4n) is 2.61. The summed E-state index contributed by atoms with van der Waals surface area (Å²) in [5.74, 6) is -2.84. The fourth-order valence-corrected chi connectivity index (χ4v) is 2.61. The van der Waals surface area contributed by atoms with E-state index in [4.69, 9.17) is 4.74 Å². The number of amides is 1. The number of benzene rings is 2. The second kappa shape index (κ2) is 7.58. The van der Waals surface area contributed by atoms with Crippen molar-refractivity contribution in [3.05, 3.63) is 75.6 Å². The molecule has 0 atom stereocenters. The normalized spacial score (nSPS) is 11.0. The average Bonchev–Trinajstić information content (AvgIpc) is 2.57. The third-order valence-electron chi connectivity index (χ3n) is 3.70. The van der Waals surface area contributed by atoms with Crippen molar-refractivity contribution < 1.29 is 22.7 Å². The van der Waals surface area contributed by atoms with E-state index in [2.05, 4.69) is 10.4 Å². The molecule has 0 saturated heterocycles. The topological polar surface area (TPSA) is 73.2 Å². The van der Waals surface area contributed by atoms with Gasteiger partial charge in [-0.1, -0.05) is 0 Å². The molecule has 1 heterocycles. The molecule has 6 nitrogen and oxygen atoms in total. The number of rotatable bonds is 5. The maximum Gasteiger partial charge on any atom is 0.280 e. The van der Waals surface area contributed by atoms with Crippen LogP contribution in [-0.4, -0.2) is 22.7 Å². The largest absolute Gasteiger partial charge is 0.377 e. The monoisotopic (exact) mass is 377 g/mol. The number of carbonyl (C=O) groups excluding carboxylic acids is 1. The van der Waals surface area contributed by atoms with Crippen LogP contribution in [0.2, 0.25) is 0 Å². The van der Waals surface area contributed by atoms with E-state index in [1.807, 2.05) is 0 Å². The predicted octanol–water partition coefficient (Wildman–Crippen LogP) is 2.27. The molecule has 0 aliphatic rings. The van der Waals surface area contributed by atoms with Crippen molar-refractivity contribution in [2.45, 2.75) is 13.0 Å². The van der Waals surface area contributed by atoms with E-state index in [0.717, 1.165) is 28.9 Å². The highest BCUT2D eigenvalue weighted by Gasteiger charge is 2.15. The molecule has 0 radical (unpaired) electrons. The molecular weight excluding hydrogens is 363 g/mol. The van der Waals surface area contributed by atoms with Gasteiger partial charge < -0.3 is 4.74 Å². The first-order valence-corrected chi connectivity index (χ1v) is 7.82. The lowest BCUT2D eigenvalue weighted by molar-refractivity contribution is -0.116. The van der Waals surface area contributed by atoms with Gasteiger partial charge in [0.15, 0.2) is 5.82 Å². The lowest BCUT2D eigenvalue weighted by Gasteiger charge is -2.14. The maximum absolute atomic E-state index is 13.4. The Morgan fingerprint density at radius 2 is 1.81 bits per heavy atom. The minimum absolute atomic E-state index is 0.0411. The molecule has 0 unspecified atom stereocenters. The zero-order valence-corrected chi connectivity index (χ0v) is 14.1. The first-order valence-electron chi connectivity index (χ1n) is 7.82. The number of ether oxygens (including phenoxy) is 1. The number of methoxy groups -OCH3 is 1. The van der Waals surface area contributed by atoms with Gasteiger partial charge in [-0.2, -0.15) is 4.68 Å². The van der Waals surface area contributed by atoms with E-state index in [0.29, 0.717) is 6.07 Å². The molecule has 0 saturated carbocycles. The number of halogens is 3. The molecule has 2 aromatic carbocycles. The number of nitrogens with zero attached hydrogens (tertiary/aromatic N) is 2. The Morgan fingerprint density at radius 3 is 2.48 bits per heavy atom. The lowest BCUT2D eigenvalue weighted by atomic mass is 10.1. The highest BCUT2D eigenvalue weighted by Crippen LogP contribution is 2.12. The minimum atomic E-state index is -0.815. The van der Waals surface area contributed by atoms with Crippen LogP contribution in [-0.2, 0) is 22.6 Å². The molecule has 9 heteroatoms. The Kier molecular flexibility index (Phi) is 5.22. The summed E-state index contributed by atoms with van der Waals surface area (Å²) in [6, 6.07) is 6.17. The number of carbonyl (C=O) groups is 1. The van der Waals surface area contributed by atoms with Crippen LogP contribution in [0.1, 0.15) is 11.4 Å². The molecule has 3 rings (SSSR count). The van der Waals surface area contributed by atoms with Crippen LogP contribution in [0.25, 0.3) is 10.9 Å². The number of aromatic nitrogens is 2. The molecule has 1 amide bonds. The van der Waals surface area contributed by atoms with E-state index in [-0.39, 0.29) is 35.3 Å². The second-order valence-corrected chi connectivity index (χ2v) is 5.75. The molecule has 27 heavy (non-hydrogen) atoms. The summed E-state index contributed by atoms with van der Waals surface area (Å²) in [7, 11) is 1.36. The van der Waals surface area contributed by atoms with Crippen molar-refractivity contribution >= 4 is 16.8 Å². The Morgan fingerprint density at radius 1 is 1.11 bits per heavy atom. The third kappa shape index (κ3) is 4.14. The van der Waals surface area contributed by atoms with Gasteiger partial charge in [0, 0.05) is 19.2 Å².